The molecule has 1 saturated carbocycles. The van der Waals surface area contributed by atoms with E-state index in [-0.39, 0.29) is 0 Å². The highest BCUT2D eigenvalue weighted by atomic mass is 79.9. The van der Waals surface area contributed by atoms with Crippen LogP contribution in [0.3, 0.4) is 0 Å². The van der Waals surface area contributed by atoms with E-state index in [4.69, 9.17) is 4.74 Å². The predicted octanol–water partition coefficient (Wildman–Crippen LogP) is 5.40. The van der Waals surface area contributed by atoms with Gasteiger partial charge in [0.1, 0.15) is 11.6 Å². The fraction of sp³-hybridized carbons (Fsp3) is 0.389. The molecule has 3 rings (SSSR count). The molecule has 1 fully saturated rings. The highest BCUT2D eigenvalue weighted by Gasteiger charge is 2.28. The number of ether oxygens (including phenoxy) is 1. The van der Waals surface area contributed by atoms with Crippen molar-refractivity contribution in [3.8, 4) is 5.75 Å². The molecule has 22 heavy (non-hydrogen) atoms. The summed E-state index contributed by atoms with van der Waals surface area (Å²) in [4.78, 5) is 4.69. The number of nitrogens with zero attached hydrogens (tertiary/aromatic N) is 1. The first kappa shape index (κ1) is 15.3. The molecule has 1 aromatic carbocycles. The molecule has 0 bridgehead atoms. The quantitative estimate of drug-likeness (QED) is 0.792. The minimum Gasteiger partial charge on any atom is -0.496 e. The Labute approximate surface area is 140 Å². The number of nitrogens with one attached hydrogen (secondary N) is 1. The summed E-state index contributed by atoms with van der Waals surface area (Å²) in [5, 5.41) is 3.54. The molecule has 0 spiro atoms. The Morgan fingerprint density at radius 3 is 2.59 bits per heavy atom. The SMILES string of the molecule is COc1ccc(C2CC2)c(Nc2nc(C)c(C)cc2Br)c1C. The van der Waals surface area contributed by atoms with Gasteiger partial charge in [0.2, 0.25) is 0 Å². The summed E-state index contributed by atoms with van der Waals surface area (Å²) in [5.74, 6) is 2.44. The Bertz CT molecular complexity index is 724. The third-order valence-electron chi connectivity index (χ3n) is 4.35. The molecule has 1 N–H and O–H groups in total. The Morgan fingerprint density at radius 2 is 1.95 bits per heavy atom. The van der Waals surface area contributed by atoms with Crippen molar-refractivity contribution < 1.29 is 4.74 Å². The number of benzene rings is 1. The summed E-state index contributed by atoms with van der Waals surface area (Å²) >= 11 is 3.62. The number of rotatable bonds is 4. The van der Waals surface area contributed by atoms with Gasteiger partial charge in [-0.15, -0.1) is 0 Å². The monoisotopic (exact) mass is 360 g/mol. The normalized spacial score (nSPS) is 14.0. The standard InChI is InChI=1S/C18H21BrN2O/c1-10-9-15(19)18(20-12(10)3)21-17-11(2)16(22-4)8-7-14(17)13-5-6-13/h7-9,13H,5-6H2,1-4H3,(H,20,21). The molecule has 0 aliphatic heterocycles. The maximum absolute atomic E-state index is 5.48. The molecule has 1 aromatic heterocycles. The third kappa shape index (κ3) is 2.84. The lowest BCUT2D eigenvalue weighted by Gasteiger charge is -2.18. The average Bonchev–Trinajstić information content (AvgIpc) is 3.31. The lowest BCUT2D eigenvalue weighted by atomic mass is 10.0. The fourth-order valence-electron chi connectivity index (χ4n) is 2.71. The lowest BCUT2D eigenvalue weighted by Crippen LogP contribution is -2.03. The van der Waals surface area contributed by atoms with Crippen LogP contribution in [-0.2, 0) is 0 Å². The first-order chi connectivity index (χ1) is 10.5. The molecular weight excluding hydrogens is 340 g/mol. The van der Waals surface area contributed by atoms with Gasteiger partial charge in [-0.25, -0.2) is 4.98 Å². The average molecular weight is 361 g/mol. The highest BCUT2D eigenvalue weighted by molar-refractivity contribution is 9.10. The Kier molecular flexibility index (Phi) is 4.13. The van der Waals surface area contributed by atoms with Crippen LogP contribution in [0.4, 0.5) is 11.5 Å². The minimum atomic E-state index is 0.664. The summed E-state index contributed by atoms with van der Waals surface area (Å²) in [6.45, 7) is 6.21. The van der Waals surface area contributed by atoms with Crippen LogP contribution in [0.1, 0.15) is 41.1 Å². The van der Waals surface area contributed by atoms with E-state index >= 15 is 0 Å². The maximum Gasteiger partial charge on any atom is 0.145 e. The van der Waals surface area contributed by atoms with Crippen molar-refractivity contribution in [1.29, 1.82) is 0 Å². The molecule has 0 unspecified atom stereocenters. The van der Waals surface area contributed by atoms with E-state index in [1.807, 2.05) is 6.92 Å². The topological polar surface area (TPSA) is 34.1 Å². The largest absolute Gasteiger partial charge is 0.496 e. The van der Waals surface area contributed by atoms with E-state index in [9.17, 15) is 0 Å². The fourth-order valence-corrected chi connectivity index (χ4v) is 3.24. The van der Waals surface area contributed by atoms with Gasteiger partial charge in [-0.2, -0.15) is 0 Å². The van der Waals surface area contributed by atoms with Gasteiger partial charge in [0, 0.05) is 16.9 Å². The molecule has 0 radical (unpaired) electrons. The minimum absolute atomic E-state index is 0.664. The van der Waals surface area contributed by atoms with Gasteiger partial charge in [-0.1, -0.05) is 6.07 Å². The summed E-state index contributed by atoms with van der Waals surface area (Å²) in [7, 11) is 1.72. The van der Waals surface area contributed by atoms with E-state index in [2.05, 4.69) is 58.3 Å². The number of hydrogen-bond acceptors (Lipinski definition) is 3. The number of hydrogen-bond donors (Lipinski definition) is 1. The van der Waals surface area contributed by atoms with Crippen LogP contribution in [-0.4, -0.2) is 12.1 Å². The third-order valence-corrected chi connectivity index (χ3v) is 4.95. The van der Waals surface area contributed by atoms with Crippen molar-refractivity contribution in [2.75, 3.05) is 12.4 Å². The van der Waals surface area contributed by atoms with Gasteiger partial charge in [-0.3, -0.25) is 0 Å². The zero-order valence-electron chi connectivity index (χ0n) is 13.5. The van der Waals surface area contributed by atoms with Crippen molar-refractivity contribution in [3.05, 3.63) is 45.1 Å². The Hall–Kier alpha value is -1.55. The molecule has 1 aliphatic carbocycles. The predicted molar refractivity (Wildman–Crippen MR) is 94.4 cm³/mol. The van der Waals surface area contributed by atoms with Crippen LogP contribution >= 0.6 is 15.9 Å². The highest BCUT2D eigenvalue weighted by Crippen LogP contribution is 2.47. The van der Waals surface area contributed by atoms with Gasteiger partial charge >= 0.3 is 0 Å². The van der Waals surface area contributed by atoms with Gasteiger partial charge in [0.05, 0.1) is 11.6 Å². The number of methoxy groups -OCH3 is 1. The first-order valence-electron chi connectivity index (χ1n) is 7.59. The van der Waals surface area contributed by atoms with Gasteiger partial charge < -0.3 is 10.1 Å². The van der Waals surface area contributed by atoms with E-state index < -0.39 is 0 Å². The van der Waals surface area contributed by atoms with Crippen molar-refractivity contribution in [2.45, 2.75) is 39.5 Å². The van der Waals surface area contributed by atoms with Crippen LogP contribution in [0.2, 0.25) is 0 Å². The van der Waals surface area contributed by atoms with Crippen molar-refractivity contribution in [3.63, 3.8) is 0 Å². The van der Waals surface area contributed by atoms with Crippen molar-refractivity contribution in [2.24, 2.45) is 0 Å². The van der Waals surface area contributed by atoms with Crippen molar-refractivity contribution >= 4 is 27.4 Å². The number of halogens is 1. The Balaban J connectivity index is 2.06. The summed E-state index contributed by atoms with van der Waals surface area (Å²) < 4.78 is 6.47. The van der Waals surface area contributed by atoms with Crippen LogP contribution in [0, 0.1) is 20.8 Å². The van der Waals surface area contributed by atoms with Crippen LogP contribution in [0.5, 0.6) is 5.75 Å². The van der Waals surface area contributed by atoms with Gasteiger partial charge in [0.15, 0.2) is 0 Å². The molecule has 2 aromatic rings. The van der Waals surface area contributed by atoms with Crippen LogP contribution in [0.25, 0.3) is 0 Å². The number of aryl methyl sites for hydroxylation is 2. The Morgan fingerprint density at radius 1 is 1.23 bits per heavy atom. The smallest absolute Gasteiger partial charge is 0.145 e. The molecule has 0 atom stereocenters. The van der Waals surface area contributed by atoms with E-state index in [0.717, 1.165) is 33.0 Å². The van der Waals surface area contributed by atoms with Gasteiger partial charge in [0.25, 0.3) is 0 Å². The summed E-state index contributed by atoms with van der Waals surface area (Å²) in [6, 6.07) is 6.36. The lowest BCUT2D eigenvalue weighted by molar-refractivity contribution is 0.412. The molecule has 1 heterocycles. The van der Waals surface area contributed by atoms with Crippen molar-refractivity contribution in [1.82, 2.24) is 4.98 Å². The van der Waals surface area contributed by atoms with E-state index in [1.54, 1.807) is 7.11 Å². The first-order valence-corrected chi connectivity index (χ1v) is 8.38. The second-order valence-electron chi connectivity index (χ2n) is 5.98. The molecular formula is C18H21BrN2O. The molecule has 4 heteroatoms. The van der Waals surface area contributed by atoms with Crippen LogP contribution in [0.15, 0.2) is 22.7 Å². The van der Waals surface area contributed by atoms with Crippen LogP contribution < -0.4 is 10.1 Å². The molecule has 0 saturated heterocycles. The molecule has 0 amide bonds. The van der Waals surface area contributed by atoms with E-state index in [0.29, 0.717) is 5.92 Å². The zero-order chi connectivity index (χ0) is 15.9. The van der Waals surface area contributed by atoms with E-state index in [1.165, 1.54) is 24.0 Å². The maximum atomic E-state index is 5.48. The number of anilines is 2. The number of pyridine rings is 1. The zero-order valence-corrected chi connectivity index (χ0v) is 15.0. The van der Waals surface area contributed by atoms with Gasteiger partial charge in [-0.05, 0) is 78.7 Å². The molecule has 116 valence electrons. The molecule has 3 nitrogen and oxygen atoms in total. The second kappa shape index (κ2) is 5.92. The summed E-state index contributed by atoms with van der Waals surface area (Å²) in [5.41, 5.74) is 5.86. The summed E-state index contributed by atoms with van der Waals surface area (Å²) in [6.07, 6.45) is 2.53. The molecule has 1 aliphatic rings. The number of aromatic nitrogens is 1. The second-order valence-corrected chi connectivity index (χ2v) is 6.83.